The van der Waals surface area contributed by atoms with Crippen molar-refractivity contribution in [2.24, 2.45) is 5.41 Å². The summed E-state index contributed by atoms with van der Waals surface area (Å²) in [7, 11) is 0. The molecule has 1 atom stereocenters. The summed E-state index contributed by atoms with van der Waals surface area (Å²) in [4.78, 5) is 2.88. The van der Waals surface area contributed by atoms with Crippen molar-refractivity contribution >= 4 is 11.3 Å². The van der Waals surface area contributed by atoms with Crippen LogP contribution in [-0.4, -0.2) is 6.04 Å². The molecule has 1 aromatic rings. The molecule has 1 nitrogen and oxygen atoms in total. The fourth-order valence-electron chi connectivity index (χ4n) is 2.44. The summed E-state index contributed by atoms with van der Waals surface area (Å²) in [5, 5.41) is 3.68. The van der Waals surface area contributed by atoms with E-state index in [1.807, 2.05) is 11.3 Å². The fourth-order valence-corrected chi connectivity index (χ4v) is 3.28. The largest absolute Gasteiger partial charge is 0.309 e. The third-order valence-corrected chi connectivity index (χ3v) is 4.33. The predicted molar refractivity (Wildman–Crippen MR) is 67.3 cm³/mol. The number of nitrogens with one attached hydrogen (secondary N) is 1. The van der Waals surface area contributed by atoms with Gasteiger partial charge in [-0.15, -0.1) is 11.3 Å². The minimum atomic E-state index is 0.559. The molecule has 2 rings (SSSR count). The van der Waals surface area contributed by atoms with Gasteiger partial charge in [-0.1, -0.05) is 13.8 Å². The lowest BCUT2D eigenvalue weighted by Gasteiger charge is -2.17. The zero-order chi connectivity index (χ0) is 10.9. The third kappa shape index (κ3) is 3.05. The molecule has 0 aromatic carbocycles. The van der Waals surface area contributed by atoms with E-state index >= 15 is 0 Å². The Labute approximate surface area is 96.9 Å². The smallest absolute Gasteiger partial charge is 0.0302 e. The van der Waals surface area contributed by atoms with E-state index in [1.165, 1.54) is 29.0 Å². The minimum Gasteiger partial charge on any atom is -0.309 e. The van der Waals surface area contributed by atoms with E-state index < -0.39 is 0 Å². The van der Waals surface area contributed by atoms with Gasteiger partial charge in [0, 0.05) is 22.3 Å². The first-order valence-corrected chi connectivity index (χ1v) is 6.65. The van der Waals surface area contributed by atoms with Gasteiger partial charge in [-0.3, -0.25) is 0 Å². The van der Waals surface area contributed by atoms with Gasteiger partial charge in [0.2, 0.25) is 0 Å². The van der Waals surface area contributed by atoms with Gasteiger partial charge < -0.3 is 5.32 Å². The monoisotopic (exact) mass is 223 g/mol. The molecule has 0 aliphatic heterocycles. The molecule has 1 fully saturated rings. The second-order valence-corrected chi connectivity index (χ2v) is 6.87. The van der Waals surface area contributed by atoms with Crippen LogP contribution in [0.1, 0.15) is 42.9 Å². The number of aryl methyl sites for hydroxylation is 1. The van der Waals surface area contributed by atoms with Crippen molar-refractivity contribution in [2.45, 2.75) is 52.6 Å². The number of hydrogen-bond donors (Lipinski definition) is 1. The van der Waals surface area contributed by atoms with Gasteiger partial charge in [-0.25, -0.2) is 0 Å². The summed E-state index contributed by atoms with van der Waals surface area (Å²) < 4.78 is 0. The number of rotatable bonds is 3. The van der Waals surface area contributed by atoms with Gasteiger partial charge in [0.05, 0.1) is 0 Å². The number of thiophene rings is 1. The lowest BCUT2D eigenvalue weighted by molar-refractivity contribution is 0.364. The van der Waals surface area contributed by atoms with Crippen LogP contribution in [0, 0.1) is 12.3 Å². The Morgan fingerprint density at radius 2 is 2.27 bits per heavy atom. The maximum absolute atomic E-state index is 3.68. The molecule has 1 aromatic heterocycles. The Bertz CT molecular complexity index is 327. The second-order valence-electron chi connectivity index (χ2n) is 5.50. The normalized spacial score (nSPS) is 24.6. The summed E-state index contributed by atoms with van der Waals surface area (Å²) in [5.41, 5.74) is 0.559. The van der Waals surface area contributed by atoms with Gasteiger partial charge >= 0.3 is 0 Å². The lowest BCUT2D eigenvalue weighted by atomic mass is 9.92. The summed E-state index contributed by atoms with van der Waals surface area (Å²) in [6.45, 7) is 7.99. The van der Waals surface area contributed by atoms with Crippen LogP contribution in [0.3, 0.4) is 0 Å². The van der Waals surface area contributed by atoms with Crippen LogP contribution in [0.15, 0.2) is 12.1 Å². The zero-order valence-corrected chi connectivity index (χ0v) is 10.8. The molecule has 1 aliphatic carbocycles. The maximum atomic E-state index is 3.68. The van der Waals surface area contributed by atoms with Crippen LogP contribution in [0.5, 0.6) is 0 Å². The van der Waals surface area contributed by atoms with Crippen LogP contribution in [0.4, 0.5) is 0 Å². The van der Waals surface area contributed by atoms with Crippen LogP contribution in [0.2, 0.25) is 0 Å². The average Bonchev–Trinajstić information content (AvgIpc) is 2.69. The molecule has 84 valence electrons. The summed E-state index contributed by atoms with van der Waals surface area (Å²) >= 11 is 1.91. The van der Waals surface area contributed by atoms with Gasteiger partial charge in [-0.05, 0) is 43.7 Å². The highest BCUT2D eigenvalue weighted by Crippen LogP contribution is 2.37. The van der Waals surface area contributed by atoms with Crippen molar-refractivity contribution in [2.75, 3.05) is 0 Å². The van der Waals surface area contributed by atoms with Gasteiger partial charge in [-0.2, -0.15) is 0 Å². The van der Waals surface area contributed by atoms with Crippen LogP contribution in [-0.2, 0) is 6.54 Å². The molecular weight excluding hydrogens is 202 g/mol. The molecule has 1 saturated carbocycles. The van der Waals surface area contributed by atoms with Crippen LogP contribution in [0.25, 0.3) is 0 Å². The maximum Gasteiger partial charge on any atom is 0.0302 e. The Hall–Kier alpha value is -0.340. The van der Waals surface area contributed by atoms with E-state index in [2.05, 4.69) is 38.2 Å². The van der Waals surface area contributed by atoms with Gasteiger partial charge in [0.25, 0.3) is 0 Å². The summed E-state index contributed by atoms with van der Waals surface area (Å²) in [5.74, 6) is 0. The van der Waals surface area contributed by atoms with Crippen molar-refractivity contribution in [3.05, 3.63) is 21.9 Å². The van der Waals surface area contributed by atoms with Crippen LogP contribution < -0.4 is 5.32 Å². The van der Waals surface area contributed by atoms with E-state index in [4.69, 9.17) is 0 Å². The molecule has 15 heavy (non-hydrogen) atoms. The standard InChI is InChI=1S/C13H21NS/c1-10-4-5-12(15-10)9-14-11-6-7-13(2,3)8-11/h4-5,11,14H,6-9H2,1-3H3. The fraction of sp³-hybridized carbons (Fsp3) is 0.692. The second kappa shape index (κ2) is 4.26. The first kappa shape index (κ1) is 11.2. The SMILES string of the molecule is Cc1ccc(CNC2CCC(C)(C)C2)s1. The molecular formula is C13H21NS. The van der Waals surface area contributed by atoms with Crippen molar-refractivity contribution in [3.63, 3.8) is 0 Å². The molecule has 0 spiro atoms. The van der Waals surface area contributed by atoms with Gasteiger partial charge in [0.15, 0.2) is 0 Å². The lowest BCUT2D eigenvalue weighted by Crippen LogP contribution is -2.26. The highest BCUT2D eigenvalue weighted by atomic mass is 32.1. The topological polar surface area (TPSA) is 12.0 Å². The van der Waals surface area contributed by atoms with Gasteiger partial charge in [0.1, 0.15) is 0 Å². The van der Waals surface area contributed by atoms with Crippen molar-refractivity contribution in [1.82, 2.24) is 5.32 Å². The molecule has 0 radical (unpaired) electrons. The quantitative estimate of drug-likeness (QED) is 0.823. The molecule has 1 heterocycles. The van der Waals surface area contributed by atoms with Crippen molar-refractivity contribution in [1.29, 1.82) is 0 Å². The highest BCUT2D eigenvalue weighted by molar-refractivity contribution is 7.11. The summed E-state index contributed by atoms with van der Waals surface area (Å²) in [6, 6.07) is 5.19. The zero-order valence-electron chi connectivity index (χ0n) is 9.97. The molecule has 2 heteroatoms. The number of hydrogen-bond acceptors (Lipinski definition) is 2. The molecule has 0 saturated heterocycles. The highest BCUT2D eigenvalue weighted by Gasteiger charge is 2.30. The average molecular weight is 223 g/mol. The van der Waals surface area contributed by atoms with E-state index in [0.29, 0.717) is 5.41 Å². The van der Waals surface area contributed by atoms with Crippen LogP contribution >= 0.6 is 11.3 Å². The van der Waals surface area contributed by atoms with Crippen molar-refractivity contribution < 1.29 is 0 Å². The Morgan fingerprint density at radius 1 is 1.47 bits per heavy atom. The first-order chi connectivity index (χ1) is 7.05. The van der Waals surface area contributed by atoms with E-state index in [0.717, 1.165) is 12.6 Å². The van der Waals surface area contributed by atoms with E-state index in [9.17, 15) is 0 Å². The molecule has 0 bridgehead atoms. The third-order valence-electron chi connectivity index (χ3n) is 3.33. The van der Waals surface area contributed by atoms with E-state index in [-0.39, 0.29) is 0 Å². The Kier molecular flexibility index (Phi) is 3.17. The van der Waals surface area contributed by atoms with E-state index in [1.54, 1.807) is 0 Å². The minimum absolute atomic E-state index is 0.559. The summed E-state index contributed by atoms with van der Waals surface area (Å²) in [6.07, 6.45) is 4.04. The first-order valence-electron chi connectivity index (χ1n) is 5.84. The molecule has 1 N–H and O–H groups in total. The van der Waals surface area contributed by atoms with Crippen molar-refractivity contribution in [3.8, 4) is 0 Å². The molecule has 1 unspecified atom stereocenters. The molecule has 1 aliphatic rings. The Morgan fingerprint density at radius 3 is 2.80 bits per heavy atom. The predicted octanol–water partition coefficient (Wildman–Crippen LogP) is 3.72. The molecule has 0 amide bonds. The Balaban J connectivity index is 1.80.